The fraction of sp³-hybridized carbons (Fsp3) is 0.192. The highest BCUT2D eigenvalue weighted by Crippen LogP contribution is 2.33. The zero-order chi connectivity index (χ0) is 24.1. The first-order valence-electron chi connectivity index (χ1n) is 10.7. The van der Waals surface area contributed by atoms with Crippen molar-refractivity contribution >= 4 is 23.5 Å². The van der Waals surface area contributed by atoms with E-state index in [1.165, 1.54) is 29.2 Å². The first kappa shape index (κ1) is 23.0. The fourth-order valence-electron chi connectivity index (χ4n) is 3.57. The number of rotatable bonds is 7. The fourth-order valence-corrected chi connectivity index (χ4v) is 3.57. The average molecular weight is 462 g/mol. The molecule has 0 aliphatic carbocycles. The van der Waals surface area contributed by atoms with E-state index in [0.717, 1.165) is 11.1 Å². The molecular formula is C26H23FN2O5. The van der Waals surface area contributed by atoms with Gasteiger partial charge in [-0.3, -0.25) is 19.3 Å². The lowest BCUT2D eigenvalue weighted by atomic mass is 10.1. The second-order valence-corrected chi connectivity index (χ2v) is 7.86. The third kappa shape index (κ3) is 5.40. The summed E-state index contributed by atoms with van der Waals surface area (Å²) in [5, 5.41) is 2.74. The smallest absolute Gasteiger partial charge is 0.327 e. The summed E-state index contributed by atoms with van der Waals surface area (Å²) in [5.41, 5.74) is 2.52. The first-order chi connectivity index (χ1) is 16.4. The average Bonchev–Trinajstić information content (AvgIpc) is 2.84. The minimum atomic E-state index is -1.31. The molecule has 3 aromatic carbocycles. The number of hydrogen-bond donors (Lipinski definition) is 1. The van der Waals surface area contributed by atoms with Crippen LogP contribution < -0.4 is 15.0 Å². The van der Waals surface area contributed by atoms with Crippen LogP contribution in [-0.2, 0) is 25.7 Å². The molecule has 34 heavy (non-hydrogen) atoms. The Labute approximate surface area is 196 Å². The third-order valence-corrected chi connectivity index (χ3v) is 5.31. The van der Waals surface area contributed by atoms with Crippen molar-refractivity contribution in [3.05, 3.63) is 95.3 Å². The van der Waals surface area contributed by atoms with Crippen molar-refractivity contribution < 1.29 is 28.2 Å². The number of benzene rings is 3. The highest BCUT2D eigenvalue weighted by molar-refractivity contribution is 6.01. The number of ether oxygens (including phenoxy) is 2. The van der Waals surface area contributed by atoms with Gasteiger partial charge in [-0.1, -0.05) is 48.5 Å². The number of carbonyl (C=O) groups excluding carboxylic acids is 3. The second-order valence-electron chi connectivity index (χ2n) is 7.86. The summed E-state index contributed by atoms with van der Waals surface area (Å²) in [4.78, 5) is 39.6. The molecule has 3 aromatic rings. The Morgan fingerprint density at radius 1 is 1.09 bits per heavy atom. The molecule has 8 heteroatoms. The Bertz CT molecular complexity index is 1200. The number of esters is 1. The van der Waals surface area contributed by atoms with Gasteiger partial charge in [0.15, 0.2) is 6.61 Å². The van der Waals surface area contributed by atoms with E-state index in [1.54, 1.807) is 12.1 Å². The lowest BCUT2D eigenvalue weighted by Crippen LogP contribution is -2.43. The van der Waals surface area contributed by atoms with Crippen molar-refractivity contribution in [2.24, 2.45) is 0 Å². The van der Waals surface area contributed by atoms with E-state index in [0.29, 0.717) is 17.0 Å². The van der Waals surface area contributed by atoms with Crippen molar-refractivity contribution in [2.75, 3.05) is 18.1 Å². The Hall–Kier alpha value is -4.20. The van der Waals surface area contributed by atoms with Crippen molar-refractivity contribution in [2.45, 2.75) is 19.6 Å². The summed E-state index contributed by atoms with van der Waals surface area (Å²) < 4.78 is 24.4. The van der Waals surface area contributed by atoms with Crippen LogP contribution in [0.4, 0.5) is 10.1 Å². The monoisotopic (exact) mass is 462 g/mol. The maximum Gasteiger partial charge on any atom is 0.327 e. The van der Waals surface area contributed by atoms with Crippen LogP contribution in [0.3, 0.4) is 0 Å². The number of hydrogen-bond acceptors (Lipinski definition) is 5. The van der Waals surface area contributed by atoms with Gasteiger partial charge in [-0.2, -0.15) is 0 Å². The predicted molar refractivity (Wildman–Crippen MR) is 123 cm³/mol. The maximum atomic E-state index is 13.4. The van der Waals surface area contributed by atoms with Gasteiger partial charge in [0, 0.05) is 12.1 Å². The molecule has 1 N–H and O–H groups in total. The van der Waals surface area contributed by atoms with E-state index in [9.17, 15) is 18.8 Å². The van der Waals surface area contributed by atoms with Crippen LogP contribution in [0.15, 0.2) is 72.8 Å². The highest BCUT2D eigenvalue weighted by atomic mass is 19.1. The van der Waals surface area contributed by atoms with Crippen molar-refractivity contribution in [1.29, 1.82) is 0 Å². The van der Waals surface area contributed by atoms with Gasteiger partial charge in [0.1, 0.15) is 18.1 Å². The van der Waals surface area contributed by atoms with Gasteiger partial charge >= 0.3 is 5.97 Å². The molecule has 2 amide bonds. The molecule has 0 saturated heterocycles. The number of halogens is 1. The Morgan fingerprint density at radius 2 is 1.82 bits per heavy atom. The molecule has 1 aliphatic heterocycles. The standard InChI is InChI=1S/C26H23FN2O5/c1-17-7-12-22-21(13-17)29(23(30)16-33-22)15-24(31)34-25(19-8-10-20(27)11-9-19)26(32)28-14-18-5-3-2-4-6-18/h2-13,25H,14-16H2,1H3,(H,28,32)/t25-/m0/s1. The molecule has 0 aromatic heterocycles. The quantitative estimate of drug-likeness (QED) is 0.544. The number of nitrogens with zero attached hydrogens (tertiary/aromatic N) is 1. The van der Waals surface area contributed by atoms with Gasteiger partial charge < -0.3 is 14.8 Å². The normalized spacial score (nSPS) is 13.5. The zero-order valence-corrected chi connectivity index (χ0v) is 18.5. The zero-order valence-electron chi connectivity index (χ0n) is 18.5. The Balaban J connectivity index is 1.51. The van der Waals surface area contributed by atoms with Crippen molar-refractivity contribution in [3.8, 4) is 5.75 Å². The molecule has 1 aliphatic rings. The topological polar surface area (TPSA) is 84.9 Å². The van der Waals surface area contributed by atoms with Gasteiger partial charge in [0.2, 0.25) is 6.10 Å². The maximum absolute atomic E-state index is 13.4. The van der Waals surface area contributed by atoms with Gasteiger partial charge in [-0.15, -0.1) is 0 Å². The molecule has 7 nitrogen and oxygen atoms in total. The van der Waals surface area contributed by atoms with Gasteiger partial charge in [0.25, 0.3) is 11.8 Å². The van der Waals surface area contributed by atoms with Gasteiger partial charge in [-0.25, -0.2) is 4.39 Å². The number of fused-ring (bicyclic) bond motifs is 1. The van der Waals surface area contributed by atoms with E-state index in [-0.39, 0.29) is 13.2 Å². The van der Waals surface area contributed by atoms with E-state index < -0.39 is 36.2 Å². The van der Waals surface area contributed by atoms with E-state index in [4.69, 9.17) is 9.47 Å². The summed E-state index contributed by atoms with van der Waals surface area (Å²) in [6.45, 7) is 1.48. The van der Waals surface area contributed by atoms with Crippen LogP contribution in [-0.4, -0.2) is 30.9 Å². The first-order valence-corrected chi connectivity index (χ1v) is 10.7. The SMILES string of the molecule is Cc1ccc2c(c1)N(CC(=O)O[C@H](C(=O)NCc1ccccc1)c1ccc(F)cc1)C(=O)CO2. The highest BCUT2D eigenvalue weighted by Gasteiger charge is 2.31. The van der Waals surface area contributed by atoms with E-state index in [1.807, 2.05) is 43.3 Å². The summed E-state index contributed by atoms with van der Waals surface area (Å²) in [7, 11) is 0. The van der Waals surface area contributed by atoms with Crippen LogP contribution in [0.25, 0.3) is 0 Å². The number of aryl methyl sites for hydroxylation is 1. The molecule has 0 unspecified atom stereocenters. The van der Waals surface area contributed by atoms with Crippen LogP contribution in [0.1, 0.15) is 22.8 Å². The molecule has 1 atom stereocenters. The van der Waals surface area contributed by atoms with Gasteiger partial charge in [-0.05, 0) is 42.3 Å². The molecule has 0 spiro atoms. The summed E-state index contributed by atoms with van der Waals surface area (Å²) >= 11 is 0. The van der Waals surface area contributed by atoms with E-state index in [2.05, 4.69) is 5.32 Å². The van der Waals surface area contributed by atoms with Crippen LogP contribution in [0, 0.1) is 12.7 Å². The lowest BCUT2D eigenvalue weighted by molar-refractivity contribution is -0.155. The molecule has 0 bridgehead atoms. The second kappa shape index (κ2) is 10.2. The minimum Gasteiger partial charge on any atom is -0.482 e. The molecule has 0 saturated carbocycles. The van der Waals surface area contributed by atoms with Crippen molar-refractivity contribution in [3.63, 3.8) is 0 Å². The molecule has 1 heterocycles. The minimum absolute atomic E-state index is 0.206. The molecule has 174 valence electrons. The molecule has 0 radical (unpaired) electrons. The third-order valence-electron chi connectivity index (χ3n) is 5.31. The van der Waals surface area contributed by atoms with Crippen molar-refractivity contribution in [1.82, 2.24) is 5.32 Å². The summed E-state index contributed by atoms with van der Waals surface area (Å²) in [6, 6.07) is 19.7. The van der Waals surface area contributed by atoms with Crippen LogP contribution in [0.5, 0.6) is 5.75 Å². The Morgan fingerprint density at radius 3 is 2.56 bits per heavy atom. The number of amides is 2. The number of anilines is 1. The van der Waals surface area contributed by atoms with E-state index >= 15 is 0 Å². The van der Waals surface area contributed by atoms with Crippen LogP contribution >= 0.6 is 0 Å². The summed E-state index contributed by atoms with van der Waals surface area (Å²) in [5.74, 6) is -1.75. The van der Waals surface area contributed by atoms with Gasteiger partial charge in [0.05, 0.1) is 5.69 Å². The molecule has 0 fully saturated rings. The molecular weight excluding hydrogens is 439 g/mol. The lowest BCUT2D eigenvalue weighted by Gasteiger charge is -2.29. The number of nitrogens with one attached hydrogen (secondary N) is 1. The molecule has 4 rings (SSSR count). The Kier molecular flexibility index (Phi) is 6.87. The number of carbonyl (C=O) groups is 3. The largest absolute Gasteiger partial charge is 0.482 e. The summed E-state index contributed by atoms with van der Waals surface area (Å²) in [6.07, 6.45) is -1.31. The predicted octanol–water partition coefficient (Wildman–Crippen LogP) is 3.46. The van der Waals surface area contributed by atoms with Crippen LogP contribution in [0.2, 0.25) is 0 Å².